The van der Waals surface area contributed by atoms with Crippen molar-refractivity contribution in [2.45, 2.75) is 19.1 Å². The molecule has 0 saturated heterocycles. The molecule has 3 rings (SSSR count). The Kier molecular flexibility index (Phi) is 5.27. The normalized spacial score (nSPS) is 17.4. The van der Waals surface area contributed by atoms with Crippen molar-refractivity contribution in [2.75, 3.05) is 24.2 Å². The van der Waals surface area contributed by atoms with Gasteiger partial charge in [-0.05, 0) is 25.1 Å². The molecule has 144 valence electrons. The van der Waals surface area contributed by atoms with Gasteiger partial charge in [-0.2, -0.15) is 0 Å². The largest absolute Gasteiger partial charge is 0.496 e. The number of hydrogen-bond donors (Lipinski definition) is 1. The fraction of sp³-hybridized carbons (Fsp3) is 0.316. The molecule has 0 spiro atoms. The summed E-state index contributed by atoms with van der Waals surface area (Å²) in [6.45, 7) is 1.75. The van der Waals surface area contributed by atoms with Crippen LogP contribution in [0.5, 0.6) is 11.5 Å². The fourth-order valence-electron chi connectivity index (χ4n) is 3.06. The number of carbonyl (C=O) groups is 1. The summed E-state index contributed by atoms with van der Waals surface area (Å²) in [6, 6.07) is 13.8. The van der Waals surface area contributed by atoms with E-state index in [1.54, 1.807) is 31.4 Å². The highest BCUT2D eigenvalue weighted by Gasteiger charge is 2.35. The van der Waals surface area contributed by atoms with Crippen LogP contribution in [0.15, 0.2) is 48.5 Å². The Morgan fingerprint density at radius 2 is 1.89 bits per heavy atom. The predicted molar refractivity (Wildman–Crippen MR) is 103 cm³/mol. The molecular weight excluding hydrogens is 368 g/mol. The molecule has 1 amide bonds. The van der Waals surface area contributed by atoms with E-state index in [-0.39, 0.29) is 12.6 Å². The van der Waals surface area contributed by atoms with Gasteiger partial charge in [0.2, 0.25) is 10.0 Å². The van der Waals surface area contributed by atoms with E-state index in [0.29, 0.717) is 17.2 Å². The Bertz CT molecular complexity index is 945. The zero-order chi connectivity index (χ0) is 19.6. The van der Waals surface area contributed by atoms with Crippen LogP contribution < -0.4 is 19.1 Å². The van der Waals surface area contributed by atoms with Crippen molar-refractivity contribution < 1.29 is 22.7 Å². The number of anilines is 1. The number of fused-ring (bicyclic) bond motifs is 1. The van der Waals surface area contributed by atoms with Gasteiger partial charge in [-0.1, -0.05) is 30.3 Å². The molecule has 1 heterocycles. The summed E-state index contributed by atoms with van der Waals surface area (Å²) < 4.78 is 36.6. The van der Waals surface area contributed by atoms with E-state index >= 15 is 0 Å². The quantitative estimate of drug-likeness (QED) is 0.845. The molecular formula is C19H22N2O5S. The van der Waals surface area contributed by atoms with Crippen LogP contribution in [0.1, 0.15) is 18.5 Å². The summed E-state index contributed by atoms with van der Waals surface area (Å²) in [5.74, 6) is 0.633. The highest BCUT2D eigenvalue weighted by molar-refractivity contribution is 7.92. The topological polar surface area (TPSA) is 84.9 Å². The molecule has 1 aliphatic heterocycles. The third kappa shape index (κ3) is 4.00. The maximum Gasteiger partial charge on any atom is 0.263 e. The van der Waals surface area contributed by atoms with Crippen molar-refractivity contribution in [2.24, 2.45) is 0 Å². The van der Waals surface area contributed by atoms with Crippen LogP contribution in [0, 0.1) is 0 Å². The van der Waals surface area contributed by atoms with Crippen LogP contribution in [0.2, 0.25) is 0 Å². The summed E-state index contributed by atoms with van der Waals surface area (Å²) in [6.07, 6.45) is 0.161. The number of benzene rings is 2. The Balaban J connectivity index is 1.81. The molecule has 0 saturated carbocycles. The number of nitrogens with one attached hydrogen (secondary N) is 1. The van der Waals surface area contributed by atoms with Crippen molar-refractivity contribution in [3.05, 3.63) is 54.1 Å². The van der Waals surface area contributed by atoms with E-state index in [9.17, 15) is 13.2 Å². The van der Waals surface area contributed by atoms with E-state index in [4.69, 9.17) is 9.47 Å². The molecule has 0 bridgehead atoms. The monoisotopic (exact) mass is 390 g/mol. The molecule has 2 atom stereocenters. The van der Waals surface area contributed by atoms with Crippen molar-refractivity contribution in [3.8, 4) is 11.5 Å². The molecule has 2 unspecified atom stereocenters. The first kappa shape index (κ1) is 19.0. The van der Waals surface area contributed by atoms with Crippen molar-refractivity contribution in [3.63, 3.8) is 0 Å². The number of carbonyl (C=O) groups excluding carboxylic acids is 1. The van der Waals surface area contributed by atoms with Gasteiger partial charge in [-0.25, -0.2) is 8.42 Å². The highest BCUT2D eigenvalue weighted by Crippen LogP contribution is 2.35. The van der Waals surface area contributed by atoms with E-state index in [0.717, 1.165) is 11.8 Å². The molecule has 2 aromatic rings. The number of amides is 1. The van der Waals surface area contributed by atoms with Crippen molar-refractivity contribution in [1.82, 2.24) is 5.32 Å². The Morgan fingerprint density at radius 3 is 2.59 bits per heavy atom. The lowest BCUT2D eigenvalue weighted by molar-refractivity contribution is -0.128. The van der Waals surface area contributed by atoms with Crippen LogP contribution in [-0.4, -0.2) is 40.3 Å². The van der Waals surface area contributed by atoms with E-state index in [1.807, 2.05) is 31.2 Å². The lowest BCUT2D eigenvalue weighted by Crippen LogP contribution is -2.50. The van der Waals surface area contributed by atoms with Gasteiger partial charge < -0.3 is 14.8 Å². The van der Waals surface area contributed by atoms with Crippen molar-refractivity contribution >= 4 is 21.6 Å². The SMILES string of the molecule is COc1ccccc1C(C)NC(=O)C1CN(S(C)(=O)=O)c2ccccc2O1. The minimum absolute atomic E-state index is 0.0830. The van der Waals surface area contributed by atoms with Gasteiger partial charge in [0.25, 0.3) is 5.91 Å². The van der Waals surface area contributed by atoms with Gasteiger partial charge in [0.05, 0.1) is 31.6 Å². The second-order valence-corrected chi connectivity index (χ2v) is 8.25. The maximum absolute atomic E-state index is 12.8. The number of sulfonamides is 1. The molecule has 7 nitrogen and oxygen atoms in total. The summed E-state index contributed by atoms with van der Waals surface area (Å²) >= 11 is 0. The van der Waals surface area contributed by atoms with E-state index < -0.39 is 22.0 Å². The Hall–Kier alpha value is -2.74. The maximum atomic E-state index is 12.8. The average molecular weight is 390 g/mol. The predicted octanol–water partition coefficient (Wildman–Crippen LogP) is 2.10. The van der Waals surface area contributed by atoms with Crippen LogP contribution in [-0.2, 0) is 14.8 Å². The molecule has 0 aliphatic carbocycles. The molecule has 0 radical (unpaired) electrons. The van der Waals surface area contributed by atoms with E-state index in [1.165, 1.54) is 4.31 Å². The van der Waals surface area contributed by atoms with Gasteiger partial charge in [-0.15, -0.1) is 0 Å². The fourth-order valence-corrected chi connectivity index (χ4v) is 3.98. The number of ether oxygens (including phenoxy) is 2. The van der Waals surface area contributed by atoms with Crippen LogP contribution in [0.4, 0.5) is 5.69 Å². The second-order valence-electron chi connectivity index (χ2n) is 6.34. The molecule has 8 heteroatoms. The summed E-state index contributed by atoms with van der Waals surface area (Å²) in [7, 11) is -1.98. The third-order valence-electron chi connectivity index (χ3n) is 4.39. The molecule has 1 N–H and O–H groups in total. The van der Waals surface area contributed by atoms with Gasteiger partial charge in [0, 0.05) is 5.56 Å². The molecule has 2 aromatic carbocycles. The highest BCUT2D eigenvalue weighted by atomic mass is 32.2. The van der Waals surface area contributed by atoms with Gasteiger partial charge in [-0.3, -0.25) is 9.10 Å². The number of hydrogen-bond acceptors (Lipinski definition) is 5. The standard InChI is InChI=1S/C19H22N2O5S/c1-13(14-8-4-6-10-16(14)25-2)20-19(22)18-12-21(27(3,23)24)15-9-5-7-11-17(15)26-18/h4-11,13,18H,12H2,1-3H3,(H,20,22). The Morgan fingerprint density at radius 1 is 1.22 bits per heavy atom. The number of rotatable bonds is 5. The number of para-hydroxylation sites is 3. The van der Waals surface area contributed by atoms with E-state index in [2.05, 4.69) is 5.32 Å². The van der Waals surface area contributed by atoms with Gasteiger partial charge >= 0.3 is 0 Å². The summed E-state index contributed by atoms with van der Waals surface area (Å²) in [5.41, 5.74) is 1.26. The minimum atomic E-state index is -3.54. The van der Waals surface area contributed by atoms with Gasteiger partial charge in [0.15, 0.2) is 6.10 Å². The summed E-state index contributed by atoms with van der Waals surface area (Å²) in [5, 5.41) is 2.88. The molecule has 27 heavy (non-hydrogen) atoms. The lowest BCUT2D eigenvalue weighted by Gasteiger charge is -2.34. The number of methoxy groups -OCH3 is 1. The lowest BCUT2D eigenvalue weighted by atomic mass is 10.1. The van der Waals surface area contributed by atoms with Crippen molar-refractivity contribution in [1.29, 1.82) is 0 Å². The smallest absolute Gasteiger partial charge is 0.263 e. The van der Waals surface area contributed by atoms with Crippen LogP contribution >= 0.6 is 0 Å². The average Bonchev–Trinajstić information content (AvgIpc) is 2.66. The zero-order valence-electron chi connectivity index (χ0n) is 15.4. The Labute approximate surface area is 158 Å². The van der Waals surface area contributed by atoms with Crippen LogP contribution in [0.3, 0.4) is 0 Å². The van der Waals surface area contributed by atoms with Crippen LogP contribution in [0.25, 0.3) is 0 Å². The first-order chi connectivity index (χ1) is 12.8. The molecule has 0 fully saturated rings. The summed E-state index contributed by atoms with van der Waals surface area (Å²) in [4.78, 5) is 12.8. The second kappa shape index (κ2) is 7.48. The first-order valence-corrected chi connectivity index (χ1v) is 10.3. The van der Waals surface area contributed by atoms with Gasteiger partial charge in [0.1, 0.15) is 11.5 Å². The third-order valence-corrected chi connectivity index (χ3v) is 5.54. The minimum Gasteiger partial charge on any atom is -0.496 e. The first-order valence-electron chi connectivity index (χ1n) is 8.48. The number of nitrogens with zero attached hydrogens (tertiary/aromatic N) is 1. The zero-order valence-corrected chi connectivity index (χ0v) is 16.2. The molecule has 0 aromatic heterocycles. The molecule has 1 aliphatic rings.